The van der Waals surface area contributed by atoms with Crippen molar-refractivity contribution in [2.45, 2.75) is 44.0 Å². The second kappa shape index (κ2) is 9.94. The molecule has 3 aromatic rings. The minimum Gasteiger partial charge on any atom is -0.495 e. The van der Waals surface area contributed by atoms with E-state index in [9.17, 15) is 18.0 Å². The van der Waals surface area contributed by atoms with Gasteiger partial charge in [-0.15, -0.1) is 0 Å². The number of carbonyl (C=O) groups excluding carboxylic acids is 1. The Kier molecular flexibility index (Phi) is 6.99. The van der Waals surface area contributed by atoms with E-state index in [-0.39, 0.29) is 35.1 Å². The zero-order valence-electron chi connectivity index (χ0n) is 19.3. The van der Waals surface area contributed by atoms with Crippen LogP contribution in [-0.4, -0.2) is 48.4 Å². The molecule has 0 radical (unpaired) electrons. The molecule has 0 bridgehead atoms. The first-order chi connectivity index (χ1) is 16.3. The van der Waals surface area contributed by atoms with E-state index >= 15 is 0 Å². The van der Waals surface area contributed by atoms with E-state index in [1.807, 2.05) is 13.0 Å². The largest absolute Gasteiger partial charge is 0.495 e. The van der Waals surface area contributed by atoms with Gasteiger partial charge in [-0.05, 0) is 49.6 Å². The zero-order chi connectivity index (χ0) is 24.3. The van der Waals surface area contributed by atoms with Gasteiger partial charge in [0.1, 0.15) is 10.6 Å². The molecule has 0 saturated carbocycles. The molecule has 34 heavy (non-hydrogen) atoms. The Balaban J connectivity index is 1.49. The van der Waals surface area contributed by atoms with Crippen molar-refractivity contribution in [3.63, 3.8) is 0 Å². The van der Waals surface area contributed by atoms with E-state index in [1.54, 1.807) is 18.2 Å². The van der Waals surface area contributed by atoms with Crippen LogP contribution in [0.2, 0.25) is 0 Å². The third-order valence-electron chi connectivity index (χ3n) is 6.02. The number of methoxy groups -OCH3 is 1. The van der Waals surface area contributed by atoms with Crippen molar-refractivity contribution in [3.05, 3.63) is 58.6 Å². The minimum atomic E-state index is -3.74. The number of aromatic nitrogens is 2. The normalized spacial score (nSPS) is 14.8. The fourth-order valence-corrected chi connectivity index (χ4v) is 5.84. The van der Waals surface area contributed by atoms with Crippen molar-refractivity contribution >= 4 is 32.5 Å². The molecule has 10 heteroatoms. The van der Waals surface area contributed by atoms with E-state index in [0.717, 1.165) is 24.8 Å². The number of hydrogen-bond donors (Lipinski definition) is 1. The Labute approximate surface area is 198 Å². The van der Waals surface area contributed by atoms with E-state index in [1.165, 1.54) is 34.4 Å². The average molecular weight is 485 g/mol. The molecule has 1 saturated heterocycles. The van der Waals surface area contributed by atoms with Crippen molar-refractivity contribution in [2.75, 3.05) is 25.5 Å². The lowest BCUT2D eigenvalue weighted by molar-refractivity contribution is -0.116. The number of anilines is 1. The second-order valence-electron chi connectivity index (χ2n) is 8.34. The number of aryl methyl sites for hydroxylation is 2. The summed E-state index contributed by atoms with van der Waals surface area (Å²) in [5.41, 5.74) is 1.70. The number of nitrogens with one attached hydrogen (secondary N) is 1. The van der Waals surface area contributed by atoms with Crippen LogP contribution in [0.1, 0.15) is 31.2 Å². The summed E-state index contributed by atoms with van der Waals surface area (Å²) in [5, 5.41) is 3.24. The number of amides is 1. The predicted molar refractivity (Wildman–Crippen MR) is 130 cm³/mol. The molecule has 1 aromatic heterocycles. The molecule has 1 N–H and O–H groups in total. The molecule has 0 atom stereocenters. The summed E-state index contributed by atoms with van der Waals surface area (Å²) >= 11 is 0. The first kappa shape index (κ1) is 23.9. The fourth-order valence-electron chi connectivity index (χ4n) is 4.14. The molecule has 0 unspecified atom stereocenters. The molecule has 1 fully saturated rings. The van der Waals surface area contributed by atoms with Gasteiger partial charge in [0.2, 0.25) is 15.9 Å². The smallest absolute Gasteiger partial charge is 0.261 e. The summed E-state index contributed by atoms with van der Waals surface area (Å²) in [6, 6.07) is 9.96. The van der Waals surface area contributed by atoms with Crippen LogP contribution in [0.5, 0.6) is 5.75 Å². The second-order valence-corrected chi connectivity index (χ2v) is 10.2. The number of piperidine rings is 1. The maximum atomic E-state index is 13.2. The lowest BCUT2D eigenvalue weighted by atomic mass is 10.1. The molecular weight excluding hydrogens is 456 g/mol. The van der Waals surface area contributed by atoms with Gasteiger partial charge in [0.15, 0.2) is 0 Å². The van der Waals surface area contributed by atoms with Crippen LogP contribution in [0.3, 0.4) is 0 Å². The lowest BCUT2D eigenvalue weighted by Crippen LogP contribution is -2.35. The van der Waals surface area contributed by atoms with Crippen molar-refractivity contribution in [2.24, 2.45) is 0 Å². The lowest BCUT2D eigenvalue weighted by Gasteiger charge is -2.26. The van der Waals surface area contributed by atoms with Gasteiger partial charge in [-0.3, -0.25) is 14.2 Å². The molecular formula is C24H28N4O5S. The van der Waals surface area contributed by atoms with Crippen LogP contribution in [0, 0.1) is 6.92 Å². The molecule has 0 spiro atoms. The van der Waals surface area contributed by atoms with E-state index in [2.05, 4.69) is 10.3 Å². The van der Waals surface area contributed by atoms with Crippen molar-refractivity contribution in [3.8, 4) is 5.75 Å². The maximum Gasteiger partial charge on any atom is 0.261 e. The number of ether oxygens (including phenoxy) is 1. The van der Waals surface area contributed by atoms with E-state index in [0.29, 0.717) is 29.7 Å². The summed E-state index contributed by atoms with van der Waals surface area (Å²) in [6.45, 7) is 2.98. The molecule has 4 rings (SSSR count). The number of rotatable bonds is 7. The van der Waals surface area contributed by atoms with E-state index < -0.39 is 10.0 Å². The molecule has 2 aromatic carbocycles. The first-order valence-electron chi connectivity index (χ1n) is 11.2. The zero-order valence-corrected chi connectivity index (χ0v) is 20.1. The van der Waals surface area contributed by atoms with Gasteiger partial charge in [-0.1, -0.05) is 18.6 Å². The third kappa shape index (κ3) is 4.83. The molecule has 1 amide bonds. The minimum absolute atomic E-state index is 0.0269. The van der Waals surface area contributed by atoms with Gasteiger partial charge in [0.25, 0.3) is 5.56 Å². The van der Waals surface area contributed by atoms with Crippen molar-refractivity contribution in [1.82, 2.24) is 13.9 Å². The highest BCUT2D eigenvalue weighted by Crippen LogP contribution is 2.31. The summed E-state index contributed by atoms with van der Waals surface area (Å²) in [6.07, 6.45) is 4.12. The van der Waals surface area contributed by atoms with Gasteiger partial charge in [0, 0.05) is 31.7 Å². The molecule has 0 aliphatic carbocycles. The Morgan fingerprint density at radius 2 is 1.91 bits per heavy atom. The topological polar surface area (TPSA) is 111 Å². The fraction of sp³-hybridized carbons (Fsp3) is 0.375. The van der Waals surface area contributed by atoms with Gasteiger partial charge >= 0.3 is 0 Å². The highest BCUT2D eigenvalue weighted by molar-refractivity contribution is 7.89. The molecule has 2 heterocycles. The predicted octanol–water partition coefficient (Wildman–Crippen LogP) is 2.92. The number of benzene rings is 2. The van der Waals surface area contributed by atoms with Gasteiger partial charge in [-0.25, -0.2) is 13.4 Å². The van der Waals surface area contributed by atoms with Crippen LogP contribution < -0.4 is 15.6 Å². The van der Waals surface area contributed by atoms with Gasteiger partial charge in [0.05, 0.1) is 24.3 Å². The van der Waals surface area contributed by atoms with Crippen LogP contribution in [0.25, 0.3) is 10.9 Å². The van der Waals surface area contributed by atoms with Gasteiger partial charge < -0.3 is 10.1 Å². The number of fused-ring (bicyclic) bond motifs is 1. The monoisotopic (exact) mass is 484 g/mol. The number of nitrogens with zero attached hydrogens (tertiary/aromatic N) is 3. The van der Waals surface area contributed by atoms with Crippen molar-refractivity contribution < 1.29 is 17.9 Å². The van der Waals surface area contributed by atoms with Gasteiger partial charge in [-0.2, -0.15) is 4.31 Å². The summed E-state index contributed by atoms with van der Waals surface area (Å²) < 4.78 is 34.5. The highest BCUT2D eigenvalue weighted by atomic mass is 32.2. The molecule has 180 valence electrons. The quantitative estimate of drug-likeness (QED) is 0.552. The molecule has 9 nitrogen and oxygen atoms in total. The Hall–Kier alpha value is -3.24. The maximum absolute atomic E-state index is 13.2. The Morgan fingerprint density at radius 1 is 1.15 bits per heavy atom. The Bertz CT molecular complexity index is 1380. The molecule has 1 aliphatic rings. The number of carbonyl (C=O) groups is 1. The number of para-hydroxylation sites is 1. The highest BCUT2D eigenvalue weighted by Gasteiger charge is 2.29. The van der Waals surface area contributed by atoms with Crippen molar-refractivity contribution in [1.29, 1.82) is 0 Å². The number of hydrogen-bond acceptors (Lipinski definition) is 6. The van der Waals surface area contributed by atoms with Crippen LogP contribution in [0.4, 0.5) is 5.69 Å². The Morgan fingerprint density at radius 3 is 2.65 bits per heavy atom. The summed E-state index contributed by atoms with van der Waals surface area (Å²) in [4.78, 5) is 29.7. The first-order valence-corrected chi connectivity index (χ1v) is 12.7. The van der Waals surface area contributed by atoms with Crippen LogP contribution in [-0.2, 0) is 21.4 Å². The summed E-state index contributed by atoms with van der Waals surface area (Å²) in [5.74, 6) is -0.115. The van der Waals surface area contributed by atoms with Crippen LogP contribution in [0.15, 0.2) is 52.4 Å². The SMILES string of the molecule is COc1ccc(NC(=O)CCn2cnc3c(C)cccc3c2=O)cc1S(=O)(=O)N1CCCCC1. The van der Waals surface area contributed by atoms with E-state index in [4.69, 9.17) is 4.74 Å². The standard InChI is InChI=1S/C24H28N4O5S/c1-17-7-6-8-19-23(17)25-16-27(24(19)30)14-11-22(29)26-18-9-10-20(33-2)21(15-18)34(31,32)28-12-4-3-5-13-28/h6-10,15-16H,3-5,11-14H2,1-2H3,(H,26,29). The third-order valence-corrected chi connectivity index (χ3v) is 7.94. The average Bonchev–Trinajstić information content (AvgIpc) is 2.84. The number of sulfonamides is 1. The summed E-state index contributed by atoms with van der Waals surface area (Å²) in [7, 11) is -2.33. The van der Waals surface area contributed by atoms with Crippen LogP contribution >= 0.6 is 0 Å². The molecule has 1 aliphatic heterocycles.